The van der Waals surface area contributed by atoms with E-state index in [1.807, 2.05) is 17.0 Å². The summed E-state index contributed by atoms with van der Waals surface area (Å²) in [5.41, 5.74) is 1.29. The highest BCUT2D eigenvalue weighted by molar-refractivity contribution is 7.10. The second-order valence-corrected chi connectivity index (χ2v) is 7.50. The predicted molar refractivity (Wildman–Crippen MR) is 94.1 cm³/mol. The van der Waals surface area contributed by atoms with Gasteiger partial charge in [0, 0.05) is 24.5 Å². The molecule has 0 unspecified atom stereocenters. The Hall–Kier alpha value is -1.79. The summed E-state index contributed by atoms with van der Waals surface area (Å²) < 4.78 is 5.62. The van der Waals surface area contributed by atoms with Crippen molar-refractivity contribution in [2.75, 3.05) is 26.2 Å². The van der Waals surface area contributed by atoms with Crippen molar-refractivity contribution in [3.63, 3.8) is 0 Å². The summed E-state index contributed by atoms with van der Waals surface area (Å²) in [5, 5.41) is 5.25. The predicted octanol–water partition coefficient (Wildman–Crippen LogP) is 3.25. The fourth-order valence-corrected chi connectivity index (χ4v) is 4.55. The van der Waals surface area contributed by atoms with Crippen LogP contribution in [0.4, 0.5) is 4.79 Å². The molecule has 2 aliphatic rings. The van der Waals surface area contributed by atoms with Crippen LogP contribution in [0.2, 0.25) is 0 Å². The van der Waals surface area contributed by atoms with Crippen molar-refractivity contribution < 1.29 is 9.21 Å². The average Bonchev–Trinajstić information content (AvgIpc) is 3.36. The van der Waals surface area contributed by atoms with E-state index >= 15 is 0 Å². The van der Waals surface area contributed by atoms with Crippen LogP contribution in [0.3, 0.4) is 0 Å². The molecular weight excluding hydrogens is 322 g/mol. The van der Waals surface area contributed by atoms with Gasteiger partial charge < -0.3 is 14.6 Å². The van der Waals surface area contributed by atoms with Crippen molar-refractivity contribution >= 4 is 17.4 Å². The van der Waals surface area contributed by atoms with Crippen LogP contribution >= 0.6 is 11.3 Å². The van der Waals surface area contributed by atoms with E-state index in [9.17, 15) is 4.79 Å². The highest BCUT2D eigenvalue weighted by Crippen LogP contribution is 2.26. The molecule has 1 fully saturated rings. The molecule has 0 saturated carbocycles. The quantitative estimate of drug-likeness (QED) is 0.925. The van der Waals surface area contributed by atoms with Gasteiger partial charge in [-0.15, -0.1) is 11.3 Å². The van der Waals surface area contributed by atoms with Gasteiger partial charge in [-0.2, -0.15) is 0 Å². The number of fused-ring (bicyclic) bond motifs is 1. The summed E-state index contributed by atoms with van der Waals surface area (Å²) >= 11 is 1.80. The molecule has 2 amide bonds. The summed E-state index contributed by atoms with van der Waals surface area (Å²) in [6.07, 6.45) is 5.12. The first-order chi connectivity index (χ1) is 11.8. The van der Waals surface area contributed by atoms with E-state index in [2.05, 4.69) is 21.7 Å². The molecule has 0 aromatic carbocycles. The average molecular weight is 345 g/mol. The van der Waals surface area contributed by atoms with Crippen LogP contribution in [0.5, 0.6) is 0 Å². The number of rotatable bonds is 4. The third-order valence-corrected chi connectivity index (χ3v) is 6.02. The van der Waals surface area contributed by atoms with Crippen LogP contribution in [0.1, 0.15) is 35.1 Å². The smallest absolute Gasteiger partial charge is 0.317 e. The lowest BCUT2D eigenvalue weighted by molar-refractivity contribution is 0.177. The summed E-state index contributed by atoms with van der Waals surface area (Å²) in [4.78, 5) is 18.3. The molecule has 1 saturated heterocycles. The second-order valence-electron chi connectivity index (χ2n) is 6.50. The van der Waals surface area contributed by atoms with Crippen LogP contribution in [0, 0.1) is 0 Å². The summed E-state index contributed by atoms with van der Waals surface area (Å²) in [7, 11) is 0. The van der Waals surface area contributed by atoms with Crippen molar-refractivity contribution in [1.29, 1.82) is 0 Å². The van der Waals surface area contributed by atoms with Crippen molar-refractivity contribution in [2.45, 2.75) is 31.8 Å². The maximum atomic E-state index is 12.6. The number of likely N-dealkylation sites (tertiary alicyclic amines) is 1. The molecule has 24 heavy (non-hydrogen) atoms. The standard InChI is InChI=1S/C18H23N3O2S/c22-18(21-9-5-17-14(13-21)6-11-24-17)19-12-15(16-4-3-10-23-16)20-7-1-2-8-20/h3-4,6,10-11,15H,1-2,5,7-9,12-13H2,(H,19,22)/t15-/m0/s1. The van der Waals surface area contributed by atoms with Crippen LogP contribution < -0.4 is 5.32 Å². The van der Waals surface area contributed by atoms with Crippen molar-refractivity contribution in [1.82, 2.24) is 15.1 Å². The van der Waals surface area contributed by atoms with Gasteiger partial charge in [0.05, 0.1) is 12.3 Å². The van der Waals surface area contributed by atoms with Gasteiger partial charge in [0.1, 0.15) is 5.76 Å². The minimum Gasteiger partial charge on any atom is -0.468 e. The molecule has 1 atom stereocenters. The number of hydrogen-bond donors (Lipinski definition) is 1. The number of amides is 2. The second kappa shape index (κ2) is 6.99. The fraction of sp³-hybridized carbons (Fsp3) is 0.500. The molecule has 0 spiro atoms. The fourth-order valence-electron chi connectivity index (χ4n) is 3.66. The van der Waals surface area contributed by atoms with Gasteiger partial charge >= 0.3 is 6.03 Å². The third kappa shape index (κ3) is 3.21. The number of carbonyl (C=O) groups excluding carboxylic acids is 1. The first-order valence-corrected chi connectivity index (χ1v) is 9.55. The first-order valence-electron chi connectivity index (χ1n) is 8.67. The molecule has 5 nitrogen and oxygen atoms in total. The summed E-state index contributed by atoms with van der Waals surface area (Å²) in [6.45, 7) is 4.26. The topological polar surface area (TPSA) is 48.7 Å². The van der Waals surface area contributed by atoms with E-state index in [4.69, 9.17) is 4.42 Å². The maximum Gasteiger partial charge on any atom is 0.317 e. The highest BCUT2D eigenvalue weighted by atomic mass is 32.1. The normalized spacial score (nSPS) is 19.2. The van der Waals surface area contributed by atoms with Crippen molar-refractivity contribution in [3.8, 4) is 0 Å². The summed E-state index contributed by atoms with van der Waals surface area (Å²) in [5.74, 6) is 0.941. The Morgan fingerprint density at radius 1 is 1.29 bits per heavy atom. The molecule has 4 heterocycles. The van der Waals surface area contributed by atoms with Gasteiger partial charge in [-0.25, -0.2) is 4.79 Å². The molecular formula is C18H23N3O2S. The molecule has 4 rings (SSSR count). The Kier molecular flexibility index (Phi) is 4.58. The van der Waals surface area contributed by atoms with Crippen LogP contribution in [0.25, 0.3) is 0 Å². The minimum absolute atomic E-state index is 0.0302. The maximum absolute atomic E-state index is 12.6. The number of nitrogens with one attached hydrogen (secondary N) is 1. The lowest BCUT2D eigenvalue weighted by Gasteiger charge is -2.30. The van der Waals surface area contributed by atoms with Gasteiger partial charge in [0.2, 0.25) is 0 Å². The largest absolute Gasteiger partial charge is 0.468 e. The third-order valence-electron chi connectivity index (χ3n) is 4.99. The van der Waals surface area contributed by atoms with Crippen LogP contribution in [0.15, 0.2) is 34.3 Å². The molecule has 6 heteroatoms. The van der Waals surface area contributed by atoms with Crippen LogP contribution in [-0.2, 0) is 13.0 Å². The number of hydrogen-bond acceptors (Lipinski definition) is 4. The van der Waals surface area contributed by atoms with E-state index in [-0.39, 0.29) is 12.1 Å². The van der Waals surface area contributed by atoms with Gasteiger partial charge in [-0.3, -0.25) is 4.90 Å². The lowest BCUT2D eigenvalue weighted by atomic mass is 10.1. The molecule has 2 aliphatic heterocycles. The Labute approximate surface area is 146 Å². The molecule has 0 aliphatic carbocycles. The number of urea groups is 1. The molecule has 128 valence electrons. The number of thiophene rings is 1. The summed E-state index contributed by atoms with van der Waals surface area (Å²) in [6, 6.07) is 6.22. The van der Waals surface area contributed by atoms with E-state index in [0.717, 1.165) is 38.4 Å². The van der Waals surface area contributed by atoms with Gasteiger partial charge in [0.15, 0.2) is 0 Å². The molecule has 2 aromatic rings. The van der Waals surface area contributed by atoms with E-state index < -0.39 is 0 Å². The van der Waals surface area contributed by atoms with Gasteiger partial charge in [-0.1, -0.05) is 0 Å². The Morgan fingerprint density at radius 3 is 2.96 bits per heavy atom. The first kappa shape index (κ1) is 15.7. The number of carbonyl (C=O) groups is 1. The van der Waals surface area contributed by atoms with E-state index in [1.54, 1.807) is 17.6 Å². The molecule has 2 aromatic heterocycles. The zero-order valence-corrected chi connectivity index (χ0v) is 14.6. The molecule has 0 bridgehead atoms. The van der Waals surface area contributed by atoms with Gasteiger partial charge in [0.25, 0.3) is 0 Å². The van der Waals surface area contributed by atoms with Crippen molar-refractivity contribution in [2.24, 2.45) is 0 Å². The zero-order valence-electron chi connectivity index (χ0n) is 13.7. The Balaban J connectivity index is 1.38. The number of nitrogens with zero attached hydrogens (tertiary/aromatic N) is 2. The molecule has 1 N–H and O–H groups in total. The molecule has 0 radical (unpaired) electrons. The van der Waals surface area contributed by atoms with Gasteiger partial charge in [-0.05, 0) is 61.5 Å². The van der Waals surface area contributed by atoms with Crippen LogP contribution in [-0.4, -0.2) is 42.0 Å². The monoisotopic (exact) mass is 345 g/mol. The number of furan rings is 1. The van der Waals surface area contributed by atoms with E-state index in [1.165, 1.54) is 23.3 Å². The minimum atomic E-state index is 0.0302. The SMILES string of the molecule is O=C(NC[C@@H](c1ccco1)N1CCCC1)N1CCc2sccc2C1. The van der Waals surface area contributed by atoms with E-state index in [0.29, 0.717) is 6.54 Å². The Morgan fingerprint density at radius 2 is 2.17 bits per heavy atom. The zero-order chi connectivity index (χ0) is 16.4. The van der Waals surface area contributed by atoms with Crippen molar-refractivity contribution in [3.05, 3.63) is 46.0 Å². The highest BCUT2D eigenvalue weighted by Gasteiger charge is 2.27. The Bertz CT molecular complexity index is 676. The lowest BCUT2D eigenvalue weighted by Crippen LogP contribution is -2.45.